The molecular formula is C13H14F3N5. The topological polar surface area (TPSA) is 55.1 Å². The molecular weight excluding hydrogens is 283 g/mol. The van der Waals surface area contributed by atoms with Crippen LogP contribution in [0.3, 0.4) is 0 Å². The summed E-state index contributed by atoms with van der Waals surface area (Å²) in [5, 5.41) is 13.6. The van der Waals surface area contributed by atoms with Gasteiger partial charge in [-0.2, -0.15) is 17.7 Å². The molecule has 5 nitrogen and oxygen atoms in total. The predicted octanol–water partition coefficient (Wildman–Crippen LogP) is 2.91. The Balaban J connectivity index is 1.78. The SMILES string of the molecule is FC(F)(F)c1nnc2ccc(NC[C@H]3CC=CCC3)nn12. The number of anilines is 1. The van der Waals surface area contributed by atoms with Crippen LogP contribution in [0.1, 0.15) is 25.1 Å². The van der Waals surface area contributed by atoms with Crippen molar-refractivity contribution in [2.24, 2.45) is 5.92 Å². The van der Waals surface area contributed by atoms with Crippen LogP contribution in [0.4, 0.5) is 19.0 Å². The van der Waals surface area contributed by atoms with Crippen LogP contribution in [0, 0.1) is 5.92 Å². The van der Waals surface area contributed by atoms with E-state index in [0.29, 0.717) is 18.3 Å². The Morgan fingerprint density at radius 1 is 1.24 bits per heavy atom. The maximum absolute atomic E-state index is 12.8. The fourth-order valence-corrected chi connectivity index (χ4v) is 2.35. The highest BCUT2D eigenvalue weighted by molar-refractivity contribution is 5.44. The smallest absolute Gasteiger partial charge is 0.368 e. The minimum Gasteiger partial charge on any atom is -0.368 e. The first-order valence-corrected chi connectivity index (χ1v) is 6.72. The Labute approximate surface area is 118 Å². The lowest BCUT2D eigenvalue weighted by Crippen LogP contribution is -2.17. The fourth-order valence-electron chi connectivity index (χ4n) is 2.35. The van der Waals surface area contributed by atoms with Crippen LogP contribution in [-0.2, 0) is 6.18 Å². The maximum atomic E-state index is 12.8. The van der Waals surface area contributed by atoms with Gasteiger partial charge in [-0.1, -0.05) is 12.2 Å². The molecule has 0 aromatic carbocycles. The molecule has 0 bridgehead atoms. The average Bonchev–Trinajstić information content (AvgIpc) is 2.89. The molecule has 0 saturated heterocycles. The van der Waals surface area contributed by atoms with E-state index < -0.39 is 12.0 Å². The molecule has 0 fully saturated rings. The Morgan fingerprint density at radius 3 is 2.81 bits per heavy atom. The molecule has 0 spiro atoms. The van der Waals surface area contributed by atoms with E-state index in [0.717, 1.165) is 23.8 Å². The summed E-state index contributed by atoms with van der Waals surface area (Å²) in [6, 6.07) is 3.08. The Morgan fingerprint density at radius 2 is 2.10 bits per heavy atom. The lowest BCUT2D eigenvalue weighted by molar-refractivity contribution is -0.146. The summed E-state index contributed by atoms with van der Waals surface area (Å²) in [6.07, 6.45) is 2.81. The molecule has 8 heteroatoms. The highest BCUT2D eigenvalue weighted by atomic mass is 19.4. The molecule has 3 rings (SSSR count). The molecule has 1 atom stereocenters. The van der Waals surface area contributed by atoms with Gasteiger partial charge in [-0.25, -0.2) is 0 Å². The molecule has 1 aliphatic rings. The van der Waals surface area contributed by atoms with Crippen LogP contribution in [0.5, 0.6) is 0 Å². The molecule has 0 unspecified atom stereocenters. The van der Waals surface area contributed by atoms with E-state index >= 15 is 0 Å². The van der Waals surface area contributed by atoms with Gasteiger partial charge in [0.2, 0.25) is 0 Å². The normalized spacial score (nSPS) is 19.1. The third kappa shape index (κ3) is 2.98. The van der Waals surface area contributed by atoms with E-state index in [-0.39, 0.29) is 5.65 Å². The first-order chi connectivity index (χ1) is 10.0. The Bertz CT molecular complexity index is 661. The molecule has 2 aromatic rings. The van der Waals surface area contributed by atoms with Crippen molar-refractivity contribution in [2.45, 2.75) is 25.4 Å². The Hall–Kier alpha value is -2.12. The molecule has 21 heavy (non-hydrogen) atoms. The maximum Gasteiger partial charge on any atom is 0.453 e. The zero-order chi connectivity index (χ0) is 14.9. The van der Waals surface area contributed by atoms with Crippen molar-refractivity contribution < 1.29 is 13.2 Å². The summed E-state index contributed by atoms with van der Waals surface area (Å²) >= 11 is 0. The minimum absolute atomic E-state index is 0.0773. The summed E-state index contributed by atoms with van der Waals surface area (Å²) in [6.45, 7) is 0.687. The standard InChI is InChI=1S/C13H14F3N5/c14-13(15,16)12-19-18-11-7-6-10(20-21(11)12)17-8-9-4-2-1-3-5-9/h1-2,6-7,9H,3-5,8H2,(H,17,20)/t9-/m0/s1. The second kappa shape index (κ2) is 5.34. The van der Waals surface area contributed by atoms with Gasteiger partial charge in [0, 0.05) is 6.54 Å². The van der Waals surface area contributed by atoms with Gasteiger partial charge in [-0.3, -0.25) is 0 Å². The summed E-state index contributed by atoms with van der Waals surface area (Å²) in [5.41, 5.74) is 0.0773. The summed E-state index contributed by atoms with van der Waals surface area (Å²) in [7, 11) is 0. The van der Waals surface area contributed by atoms with Crippen molar-refractivity contribution in [3.63, 3.8) is 0 Å². The van der Waals surface area contributed by atoms with Gasteiger partial charge in [0.25, 0.3) is 5.82 Å². The van der Waals surface area contributed by atoms with Crippen molar-refractivity contribution in [3.05, 3.63) is 30.1 Å². The summed E-state index contributed by atoms with van der Waals surface area (Å²) in [5.74, 6) is -0.236. The third-order valence-electron chi connectivity index (χ3n) is 3.47. The minimum atomic E-state index is -4.57. The number of alkyl halides is 3. The number of nitrogens with zero attached hydrogens (tertiary/aromatic N) is 4. The van der Waals surface area contributed by atoms with Gasteiger partial charge in [-0.15, -0.1) is 15.3 Å². The van der Waals surface area contributed by atoms with Crippen LogP contribution in [0.25, 0.3) is 5.65 Å². The molecule has 0 amide bonds. The van der Waals surface area contributed by atoms with Gasteiger partial charge >= 0.3 is 6.18 Å². The van der Waals surface area contributed by atoms with Gasteiger partial charge in [-0.05, 0) is 37.3 Å². The number of hydrogen-bond acceptors (Lipinski definition) is 4. The predicted molar refractivity (Wildman–Crippen MR) is 70.8 cm³/mol. The number of rotatable bonds is 3. The molecule has 112 valence electrons. The van der Waals surface area contributed by atoms with Crippen molar-refractivity contribution in [2.75, 3.05) is 11.9 Å². The lowest BCUT2D eigenvalue weighted by atomic mass is 9.94. The van der Waals surface area contributed by atoms with Crippen molar-refractivity contribution in [1.82, 2.24) is 19.8 Å². The van der Waals surface area contributed by atoms with Crippen molar-refractivity contribution in [1.29, 1.82) is 0 Å². The third-order valence-corrected chi connectivity index (χ3v) is 3.47. The number of allylic oxidation sites excluding steroid dienone is 2. The highest BCUT2D eigenvalue weighted by Crippen LogP contribution is 2.27. The quantitative estimate of drug-likeness (QED) is 0.885. The van der Waals surface area contributed by atoms with Crippen LogP contribution in [0.2, 0.25) is 0 Å². The van der Waals surface area contributed by atoms with Gasteiger partial charge < -0.3 is 5.32 Å². The van der Waals surface area contributed by atoms with Gasteiger partial charge in [0.15, 0.2) is 5.65 Å². The second-order valence-electron chi connectivity index (χ2n) is 5.04. The average molecular weight is 297 g/mol. The zero-order valence-corrected chi connectivity index (χ0v) is 11.1. The summed E-state index contributed by atoms with van der Waals surface area (Å²) in [4.78, 5) is 0. The lowest BCUT2D eigenvalue weighted by Gasteiger charge is -2.18. The van der Waals surface area contributed by atoms with Crippen LogP contribution in [-0.4, -0.2) is 26.4 Å². The second-order valence-corrected chi connectivity index (χ2v) is 5.04. The van der Waals surface area contributed by atoms with E-state index in [1.54, 1.807) is 6.07 Å². The van der Waals surface area contributed by atoms with E-state index in [4.69, 9.17) is 0 Å². The first-order valence-electron chi connectivity index (χ1n) is 6.72. The van der Waals surface area contributed by atoms with E-state index in [9.17, 15) is 13.2 Å². The molecule has 0 radical (unpaired) electrons. The summed E-state index contributed by atoms with van der Waals surface area (Å²) < 4.78 is 39.0. The van der Waals surface area contributed by atoms with Crippen LogP contribution in [0.15, 0.2) is 24.3 Å². The van der Waals surface area contributed by atoms with E-state index in [2.05, 4.69) is 32.8 Å². The van der Waals surface area contributed by atoms with E-state index in [1.807, 2.05) is 0 Å². The van der Waals surface area contributed by atoms with E-state index in [1.165, 1.54) is 6.07 Å². The van der Waals surface area contributed by atoms with Crippen molar-refractivity contribution >= 4 is 11.5 Å². The fraction of sp³-hybridized carbons (Fsp3) is 0.462. The number of nitrogens with one attached hydrogen (secondary N) is 1. The number of hydrogen-bond donors (Lipinski definition) is 1. The number of halogens is 3. The molecule has 1 N–H and O–H groups in total. The molecule has 0 aliphatic heterocycles. The molecule has 2 aromatic heterocycles. The van der Waals surface area contributed by atoms with Gasteiger partial charge in [0.05, 0.1) is 0 Å². The largest absolute Gasteiger partial charge is 0.453 e. The molecule has 0 saturated carbocycles. The highest BCUT2D eigenvalue weighted by Gasteiger charge is 2.37. The van der Waals surface area contributed by atoms with Gasteiger partial charge in [0.1, 0.15) is 5.82 Å². The zero-order valence-electron chi connectivity index (χ0n) is 11.1. The van der Waals surface area contributed by atoms with Crippen LogP contribution >= 0.6 is 0 Å². The van der Waals surface area contributed by atoms with Crippen molar-refractivity contribution in [3.8, 4) is 0 Å². The Kier molecular flexibility index (Phi) is 3.52. The monoisotopic (exact) mass is 297 g/mol. The number of aromatic nitrogens is 4. The first kappa shape index (κ1) is 13.8. The van der Waals surface area contributed by atoms with Crippen LogP contribution < -0.4 is 5.32 Å². The molecule has 2 heterocycles. The number of fused-ring (bicyclic) bond motifs is 1. The molecule has 1 aliphatic carbocycles.